The second-order valence-electron chi connectivity index (χ2n) is 6.97. The van der Waals surface area contributed by atoms with Gasteiger partial charge in [-0.05, 0) is 23.6 Å². The van der Waals surface area contributed by atoms with Crippen molar-refractivity contribution in [2.75, 3.05) is 13.7 Å². The lowest BCUT2D eigenvalue weighted by Crippen LogP contribution is -2.37. The fraction of sp³-hybridized carbons (Fsp3) is 0.474. The quantitative estimate of drug-likeness (QED) is 0.696. The predicted molar refractivity (Wildman–Crippen MR) is 109 cm³/mol. The number of likely N-dealkylation sites (N-methyl/N-ethyl adjacent to an activating group) is 1. The number of imidazole rings is 1. The maximum absolute atomic E-state index is 12.2. The first-order valence-corrected chi connectivity index (χ1v) is 8.31. The van der Waals surface area contributed by atoms with E-state index in [1.54, 1.807) is 19.6 Å². The zero-order valence-electron chi connectivity index (χ0n) is 15.7. The van der Waals surface area contributed by atoms with Crippen molar-refractivity contribution in [2.24, 2.45) is 0 Å². The average Bonchev–Trinajstić information content (AvgIpc) is 3.05. The minimum absolute atomic E-state index is 0. The summed E-state index contributed by atoms with van der Waals surface area (Å²) in [5.41, 5.74) is 3.46. The monoisotopic (exact) mass is 401 g/mol. The van der Waals surface area contributed by atoms with Gasteiger partial charge in [-0.3, -0.25) is 4.79 Å². The molecule has 1 atom stereocenters. The Morgan fingerprint density at radius 2 is 1.88 bits per heavy atom. The summed E-state index contributed by atoms with van der Waals surface area (Å²) in [5.74, 6) is -0.244. The molecule has 146 valence electrons. The molecule has 26 heavy (non-hydrogen) atoms. The first-order valence-electron chi connectivity index (χ1n) is 8.31. The third kappa shape index (κ3) is 7.36. The minimum Gasteiger partial charge on any atom is -0.464 e. The van der Waals surface area contributed by atoms with Gasteiger partial charge in [-0.2, -0.15) is 0 Å². The standard InChI is InChI=1S/C19H27N3O2.2ClH/c1-19(2,3)15-7-5-14(6-8-15)9-10-24-18(23)17(20-4)11-16-12-21-13-22-16;;/h5-8,12-13,17,20H,9-11H2,1-4H3,(H,21,22);2*1H/t17-;;/m0../s1. The SMILES string of the molecule is CN[C@@H](Cc1c[nH]cn1)C(=O)OCCc1ccc(C(C)(C)C)cc1.Cl.Cl. The van der Waals surface area contributed by atoms with Crippen molar-refractivity contribution in [3.63, 3.8) is 0 Å². The summed E-state index contributed by atoms with van der Waals surface area (Å²) in [6, 6.07) is 8.12. The maximum Gasteiger partial charge on any atom is 0.323 e. The summed E-state index contributed by atoms with van der Waals surface area (Å²) in [4.78, 5) is 19.2. The molecular weight excluding hydrogens is 373 g/mol. The number of carbonyl (C=O) groups is 1. The Bertz CT molecular complexity index is 638. The Labute approximate surface area is 168 Å². The predicted octanol–water partition coefficient (Wildman–Crippen LogP) is 3.47. The van der Waals surface area contributed by atoms with Crippen molar-refractivity contribution >= 4 is 30.8 Å². The number of benzene rings is 1. The van der Waals surface area contributed by atoms with E-state index in [0.29, 0.717) is 13.0 Å². The largest absolute Gasteiger partial charge is 0.464 e. The van der Waals surface area contributed by atoms with Crippen LogP contribution in [0.4, 0.5) is 0 Å². The fourth-order valence-electron chi connectivity index (χ4n) is 2.46. The van der Waals surface area contributed by atoms with Crippen LogP contribution in [0.15, 0.2) is 36.8 Å². The Kier molecular flexibility index (Phi) is 10.5. The van der Waals surface area contributed by atoms with Crippen LogP contribution in [-0.4, -0.2) is 35.6 Å². The van der Waals surface area contributed by atoms with Gasteiger partial charge in [0.15, 0.2) is 0 Å². The van der Waals surface area contributed by atoms with Crippen LogP contribution >= 0.6 is 24.8 Å². The van der Waals surface area contributed by atoms with Gasteiger partial charge in [-0.15, -0.1) is 24.8 Å². The zero-order valence-corrected chi connectivity index (χ0v) is 17.4. The van der Waals surface area contributed by atoms with Gasteiger partial charge in [-0.1, -0.05) is 45.0 Å². The lowest BCUT2D eigenvalue weighted by Gasteiger charge is -2.19. The molecule has 0 aliphatic rings. The second-order valence-corrected chi connectivity index (χ2v) is 6.97. The number of aromatic nitrogens is 2. The number of rotatable bonds is 7. The molecule has 0 spiro atoms. The van der Waals surface area contributed by atoms with Crippen LogP contribution in [0.3, 0.4) is 0 Å². The van der Waals surface area contributed by atoms with Gasteiger partial charge in [0.1, 0.15) is 6.04 Å². The molecule has 2 rings (SSSR count). The van der Waals surface area contributed by atoms with Gasteiger partial charge in [0.25, 0.3) is 0 Å². The molecule has 2 N–H and O–H groups in total. The van der Waals surface area contributed by atoms with Gasteiger partial charge in [0.05, 0.1) is 18.6 Å². The lowest BCUT2D eigenvalue weighted by molar-refractivity contribution is -0.145. The molecule has 1 aromatic heterocycles. The molecule has 5 nitrogen and oxygen atoms in total. The van der Waals surface area contributed by atoms with Crippen molar-refractivity contribution in [1.29, 1.82) is 0 Å². The highest BCUT2D eigenvalue weighted by Gasteiger charge is 2.19. The minimum atomic E-state index is -0.378. The van der Waals surface area contributed by atoms with Crippen LogP contribution in [0.1, 0.15) is 37.6 Å². The summed E-state index contributed by atoms with van der Waals surface area (Å²) in [7, 11) is 1.75. The van der Waals surface area contributed by atoms with E-state index >= 15 is 0 Å². The number of hydrogen-bond acceptors (Lipinski definition) is 4. The molecule has 0 aliphatic heterocycles. The van der Waals surface area contributed by atoms with E-state index in [4.69, 9.17) is 4.74 Å². The summed E-state index contributed by atoms with van der Waals surface area (Å²) >= 11 is 0. The molecule has 0 saturated carbocycles. The molecular formula is C19H29Cl2N3O2. The molecule has 0 amide bonds. The number of esters is 1. The topological polar surface area (TPSA) is 67.0 Å². The van der Waals surface area contributed by atoms with Crippen molar-refractivity contribution in [1.82, 2.24) is 15.3 Å². The summed E-state index contributed by atoms with van der Waals surface area (Å²) in [5, 5.41) is 2.98. The van der Waals surface area contributed by atoms with Gasteiger partial charge < -0.3 is 15.0 Å². The Morgan fingerprint density at radius 3 is 2.38 bits per heavy atom. The highest BCUT2D eigenvalue weighted by atomic mass is 35.5. The molecule has 0 radical (unpaired) electrons. The van der Waals surface area contributed by atoms with Crippen LogP contribution in [0.25, 0.3) is 0 Å². The molecule has 0 fully saturated rings. The van der Waals surface area contributed by atoms with E-state index in [1.807, 2.05) is 0 Å². The summed E-state index contributed by atoms with van der Waals surface area (Å²) in [6.07, 6.45) is 4.62. The summed E-state index contributed by atoms with van der Waals surface area (Å²) < 4.78 is 5.41. The summed E-state index contributed by atoms with van der Waals surface area (Å²) in [6.45, 7) is 6.97. The molecule has 0 saturated heterocycles. The lowest BCUT2D eigenvalue weighted by atomic mass is 9.86. The normalized spacial score (nSPS) is 11.8. The number of halogens is 2. The smallest absolute Gasteiger partial charge is 0.323 e. The third-order valence-corrected chi connectivity index (χ3v) is 4.06. The van der Waals surface area contributed by atoms with Gasteiger partial charge in [-0.25, -0.2) is 4.98 Å². The van der Waals surface area contributed by atoms with Crippen molar-refractivity contribution in [3.05, 3.63) is 53.6 Å². The first-order chi connectivity index (χ1) is 11.4. The first kappa shape index (κ1) is 24.4. The van der Waals surface area contributed by atoms with Gasteiger partial charge in [0, 0.05) is 19.0 Å². The van der Waals surface area contributed by atoms with Gasteiger partial charge in [0.2, 0.25) is 0 Å². The van der Waals surface area contributed by atoms with Crippen LogP contribution in [-0.2, 0) is 27.8 Å². The molecule has 0 aliphatic carbocycles. The van der Waals surface area contributed by atoms with Crippen molar-refractivity contribution in [3.8, 4) is 0 Å². The van der Waals surface area contributed by atoms with Crippen LogP contribution in [0, 0.1) is 0 Å². The number of carbonyl (C=O) groups excluding carboxylic acids is 1. The molecule has 2 aromatic rings. The Morgan fingerprint density at radius 1 is 1.23 bits per heavy atom. The van der Waals surface area contributed by atoms with E-state index < -0.39 is 0 Å². The molecule has 0 unspecified atom stereocenters. The number of nitrogens with one attached hydrogen (secondary N) is 2. The molecule has 0 bridgehead atoms. The zero-order chi connectivity index (χ0) is 17.6. The Balaban J connectivity index is 0.00000312. The van der Waals surface area contributed by atoms with E-state index in [2.05, 4.69) is 60.3 Å². The fourth-order valence-corrected chi connectivity index (χ4v) is 2.46. The van der Waals surface area contributed by atoms with Crippen LogP contribution < -0.4 is 5.32 Å². The van der Waals surface area contributed by atoms with Gasteiger partial charge >= 0.3 is 5.97 Å². The van der Waals surface area contributed by atoms with Crippen molar-refractivity contribution in [2.45, 2.75) is 45.1 Å². The number of ether oxygens (including phenoxy) is 1. The van der Waals surface area contributed by atoms with E-state index in [9.17, 15) is 4.79 Å². The van der Waals surface area contributed by atoms with E-state index in [-0.39, 0.29) is 42.2 Å². The molecule has 7 heteroatoms. The van der Waals surface area contributed by atoms with Crippen LogP contribution in [0.5, 0.6) is 0 Å². The highest BCUT2D eigenvalue weighted by Crippen LogP contribution is 2.22. The number of H-pyrrole nitrogens is 1. The Hall–Kier alpha value is -1.56. The number of hydrogen-bond donors (Lipinski definition) is 2. The highest BCUT2D eigenvalue weighted by molar-refractivity contribution is 5.85. The second kappa shape index (κ2) is 11.2. The van der Waals surface area contributed by atoms with Crippen LogP contribution in [0.2, 0.25) is 0 Å². The third-order valence-electron chi connectivity index (χ3n) is 4.06. The van der Waals surface area contributed by atoms with Crippen molar-refractivity contribution < 1.29 is 9.53 Å². The van der Waals surface area contributed by atoms with E-state index in [0.717, 1.165) is 12.1 Å². The van der Waals surface area contributed by atoms with E-state index in [1.165, 1.54) is 11.1 Å². The number of aromatic amines is 1. The average molecular weight is 402 g/mol. The number of nitrogens with zero attached hydrogens (tertiary/aromatic N) is 1. The molecule has 1 aromatic carbocycles. The molecule has 1 heterocycles. The maximum atomic E-state index is 12.2.